The lowest BCUT2D eigenvalue weighted by Crippen LogP contribution is -2.45. The fourth-order valence-electron chi connectivity index (χ4n) is 3.19. The number of likely N-dealkylation sites (tertiary alicyclic amines) is 1. The maximum Gasteiger partial charge on any atom is 0.321 e. The molecular weight excluding hydrogens is 347 g/mol. The molecule has 6 nitrogen and oxygen atoms in total. The predicted octanol–water partition coefficient (Wildman–Crippen LogP) is 3.10. The first-order chi connectivity index (χ1) is 12.8. The van der Waals surface area contributed by atoms with Crippen LogP contribution in [-0.2, 0) is 0 Å². The van der Waals surface area contributed by atoms with E-state index in [9.17, 15) is 9.18 Å². The largest absolute Gasteiger partial charge is 0.489 e. The van der Waals surface area contributed by atoms with E-state index in [2.05, 4.69) is 29.2 Å². The van der Waals surface area contributed by atoms with E-state index in [4.69, 9.17) is 4.74 Å². The van der Waals surface area contributed by atoms with E-state index < -0.39 is 5.82 Å². The highest BCUT2D eigenvalue weighted by Crippen LogP contribution is 2.26. The Labute approximate surface area is 162 Å². The molecule has 0 aliphatic carbocycles. The van der Waals surface area contributed by atoms with E-state index in [1.54, 1.807) is 18.0 Å². The van der Waals surface area contributed by atoms with Gasteiger partial charge in [0.1, 0.15) is 11.6 Å². The third kappa shape index (κ3) is 6.66. The van der Waals surface area contributed by atoms with Gasteiger partial charge in [-0.25, -0.2) is 9.18 Å². The van der Waals surface area contributed by atoms with Gasteiger partial charge in [-0.2, -0.15) is 0 Å². The molecule has 0 atom stereocenters. The van der Waals surface area contributed by atoms with Crippen LogP contribution < -0.4 is 10.1 Å². The Hall–Kier alpha value is -1.86. The number of halogens is 1. The van der Waals surface area contributed by atoms with E-state index >= 15 is 0 Å². The average Bonchev–Trinajstić information content (AvgIpc) is 2.61. The SMILES string of the molecule is CC(C)Oc1ccc(F)cc1NC(=O)N(C)CCN(C)C1CCN(C)CC1. The molecule has 0 bridgehead atoms. The number of anilines is 1. The van der Waals surface area contributed by atoms with Gasteiger partial charge in [0, 0.05) is 32.2 Å². The van der Waals surface area contributed by atoms with Crippen molar-refractivity contribution in [3.8, 4) is 5.75 Å². The summed E-state index contributed by atoms with van der Waals surface area (Å²) in [5.41, 5.74) is 0.351. The van der Waals surface area contributed by atoms with Gasteiger partial charge in [-0.05, 0) is 66.0 Å². The Morgan fingerprint density at radius 1 is 1.30 bits per heavy atom. The van der Waals surface area contributed by atoms with Gasteiger partial charge in [-0.15, -0.1) is 0 Å². The normalized spacial score (nSPS) is 16.0. The Bertz CT molecular complexity index is 618. The molecule has 0 radical (unpaired) electrons. The fraction of sp³-hybridized carbons (Fsp3) is 0.650. The molecule has 1 aliphatic heterocycles. The Kier molecular flexibility index (Phi) is 7.86. The highest BCUT2D eigenvalue weighted by molar-refractivity contribution is 5.90. The maximum atomic E-state index is 13.6. The van der Waals surface area contributed by atoms with Crippen molar-refractivity contribution in [1.29, 1.82) is 0 Å². The van der Waals surface area contributed by atoms with Gasteiger partial charge in [0.2, 0.25) is 0 Å². The smallest absolute Gasteiger partial charge is 0.321 e. The van der Waals surface area contributed by atoms with E-state index in [1.165, 1.54) is 12.1 Å². The molecule has 1 saturated heterocycles. The number of piperidine rings is 1. The minimum Gasteiger partial charge on any atom is -0.489 e. The van der Waals surface area contributed by atoms with Crippen molar-refractivity contribution < 1.29 is 13.9 Å². The number of hydrogen-bond acceptors (Lipinski definition) is 4. The molecule has 0 unspecified atom stereocenters. The van der Waals surface area contributed by atoms with Crippen molar-refractivity contribution in [1.82, 2.24) is 14.7 Å². The average molecular weight is 381 g/mol. The van der Waals surface area contributed by atoms with Crippen molar-refractivity contribution in [3.05, 3.63) is 24.0 Å². The third-order valence-corrected chi connectivity index (χ3v) is 4.99. The molecule has 2 rings (SSSR count). The summed E-state index contributed by atoms with van der Waals surface area (Å²) in [5, 5.41) is 2.76. The molecule has 0 aromatic heterocycles. The summed E-state index contributed by atoms with van der Waals surface area (Å²) in [6, 6.07) is 4.44. The number of hydrogen-bond donors (Lipinski definition) is 1. The topological polar surface area (TPSA) is 48.1 Å². The summed E-state index contributed by atoms with van der Waals surface area (Å²) in [6.45, 7) is 7.41. The molecule has 0 saturated carbocycles. The zero-order valence-electron chi connectivity index (χ0n) is 17.2. The van der Waals surface area contributed by atoms with Gasteiger partial charge in [0.25, 0.3) is 0 Å². The number of carbonyl (C=O) groups is 1. The lowest BCUT2D eigenvalue weighted by atomic mass is 10.0. The van der Waals surface area contributed by atoms with E-state index in [0.717, 1.165) is 32.5 Å². The summed E-state index contributed by atoms with van der Waals surface area (Å²) in [5.74, 6) is 0.0580. The molecule has 1 N–H and O–H groups in total. The Morgan fingerprint density at radius 2 is 1.96 bits per heavy atom. The molecule has 1 aliphatic rings. The van der Waals surface area contributed by atoms with Crippen LogP contribution >= 0.6 is 0 Å². The number of rotatable bonds is 7. The van der Waals surface area contributed by atoms with Crippen molar-refractivity contribution in [2.45, 2.75) is 38.8 Å². The van der Waals surface area contributed by atoms with Crippen LogP contribution in [0.15, 0.2) is 18.2 Å². The molecule has 1 heterocycles. The van der Waals surface area contributed by atoms with Crippen molar-refractivity contribution in [2.75, 3.05) is 52.6 Å². The molecule has 7 heteroatoms. The number of urea groups is 1. The Morgan fingerprint density at radius 3 is 2.59 bits per heavy atom. The number of nitrogens with one attached hydrogen (secondary N) is 1. The van der Waals surface area contributed by atoms with Crippen molar-refractivity contribution >= 4 is 11.7 Å². The van der Waals surface area contributed by atoms with Gasteiger partial charge in [0.05, 0.1) is 11.8 Å². The fourth-order valence-corrected chi connectivity index (χ4v) is 3.19. The number of likely N-dealkylation sites (N-methyl/N-ethyl adjacent to an activating group) is 2. The van der Waals surface area contributed by atoms with Crippen molar-refractivity contribution in [2.24, 2.45) is 0 Å². The summed E-state index contributed by atoms with van der Waals surface area (Å²) in [4.78, 5) is 18.8. The first kappa shape index (κ1) is 21.4. The van der Waals surface area contributed by atoms with Crippen LogP contribution in [0.3, 0.4) is 0 Å². The van der Waals surface area contributed by atoms with Crippen molar-refractivity contribution in [3.63, 3.8) is 0 Å². The van der Waals surface area contributed by atoms with Gasteiger partial charge in [-0.1, -0.05) is 0 Å². The van der Waals surface area contributed by atoms with Crippen LogP contribution in [0.1, 0.15) is 26.7 Å². The van der Waals surface area contributed by atoms with Crippen LogP contribution in [0.2, 0.25) is 0 Å². The molecular formula is C20H33FN4O2. The second-order valence-corrected chi connectivity index (χ2v) is 7.67. The van der Waals surface area contributed by atoms with E-state index in [-0.39, 0.29) is 12.1 Å². The van der Waals surface area contributed by atoms with Crippen LogP contribution in [-0.4, -0.2) is 80.2 Å². The molecule has 0 spiro atoms. The lowest BCUT2D eigenvalue weighted by Gasteiger charge is -2.35. The Balaban J connectivity index is 1.87. The summed E-state index contributed by atoms with van der Waals surface area (Å²) in [7, 11) is 6.01. The monoisotopic (exact) mass is 380 g/mol. The molecule has 152 valence electrons. The lowest BCUT2D eigenvalue weighted by molar-refractivity contribution is 0.136. The van der Waals surface area contributed by atoms with E-state index in [1.807, 2.05) is 13.8 Å². The quantitative estimate of drug-likeness (QED) is 0.790. The predicted molar refractivity (Wildman–Crippen MR) is 107 cm³/mol. The van der Waals surface area contributed by atoms with E-state index in [0.29, 0.717) is 24.0 Å². The number of benzene rings is 1. The van der Waals surface area contributed by atoms with Gasteiger partial charge < -0.3 is 24.8 Å². The van der Waals surface area contributed by atoms with Crippen LogP contribution in [0.5, 0.6) is 5.75 Å². The third-order valence-electron chi connectivity index (χ3n) is 4.99. The van der Waals surface area contributed by atoms with Gasteiger partial charge in [-0.3, -0.25) is 0 Å². The standard InChI is InChI=1S/C20H33FN4O2/c1-15(2)27-19-7-6-16(21)14-18(19)22-20(26)25(5)13-12-24(4)17-8-10-23(3)11-9-17/h6-7,14-15,17H,8-13H2,1-5H3,(H,22,26). The number of amides is 2. The minimum absolute atomic E-state index is 0.0629. The zero-order chi connectivity index (χ0) is 20.0. The second-order valence-electron chi connectivity index (χ2n) is 7.67. The zero-order valence-corrected chi connectivity index (χ0v) is 17.2. The number of carbonyl (C=O) groups excluding carboxylic acids is 1. The molecule has 1 aromatic rings. The molecule has 1 aromatic carbocycles. The minimum atomic E-state index is -0.411. The summed E-state index contributed by atoms with van der Waals surface area (Å²) < 4.78 is 19.2. The molecule has 27 heavy (non-hydrogen) atoms. The summed E-state index contributed by atoms with van der Waals surface area (Å²) in [6.07, 6.45) is 2.25. The van der Waals surface area contributed by atoms with Gasteiger partial charge in [0.15, 0.2) is 0 Å². The number of ether oxygens (including phenoxy) is 1. The maximum absolute atomic E-state index is 13.6. The second kappa shape index (κ2) is 9.90. The molecule has 1 fully saturated rings. The van der Waals surface area contributed by atoms with Crippen LogP contribution in [0, 0.1) is 5.82 Å². The van der Waals surface area contributed by atoms with Gasteiger partial charge >= 0.3 is 6.03 Å². The molecule has 2 amide bonds. The van der Waals surface area contributed by atoms with Crippen LogP contribution in [0.25, 0.3) is 0 Å². The highest BCUT2D eigenvalue weighted by Gasteiger charge is 2.21. The van der Waals surface area contributed by atoms with Crippen LogP contribution in [0.4, 0.5) is 14.9 Å². The number of nitrogens with zero attached hydrogens (tertiary/aromatic N) is 3. The summed E-state index contributed by atoms with van der Waals surface area (Å²) >= 11 is 0. The highest BCUT2D eigenvalue weighted by atomic mass is 19.1. The first-order valence-electron chi connectivity index (χ1n) is 9.63. The first-order valence-corrected chi connectivity index (χ1v) is 9.63.